The smallest absolute Gasteiger partial charge is 0.0475 e. The molecule has 1 rings (SSSR count). The van der Waals surface area contributed by atoms with E-state index < -0.39 is 0 Å². The molecule has 0 spiro atoms. The Labute approximate surface area is 85.7 Å². The third-order valence-corrected chi connectivity index (χ3v) is 2.35. The van der Waals surface area contributed by atoms with E-state index in [1.54, 1.807) is 0 Å². The van der Waals surface area contributed by atoms with Gasteiger partial charge in [-0.25, -0.2) is 0 Å². The molecule has 0 radical (unpaired) electrons. The fraction of sp³-hybridized carbons (Fsp3) is 0.545. The van der Waals surface area contributed by atoms with Crippen molar-refractivity contribution in [1.29, 1.82) is 0 Å². The number of rotatable bonds is 5. The van der Waals surface area contributed by atoms with E-state index in [0.717, 1.165) is 6.42 Å². The van der Waals surface area contributed by atoms with Crippen LogP contribution < -0.4 is 11.3 Å². The summed E-state index contributed by atoms with van der Waals surface area (Å²) < 4.78 is 0. The van der Waals surface area contributed by atoms with Crippen LogP contribution in [0.5, 0.6) is 0 Å². The van der Waals surface area contributed by atoms with Gasteiger partial charge in [-0.2, -0.15) is 0 Å². The number of unbranched alkanes of at least 4 members (excludes halogenated alkanes) is 1. The third kappa shape index (κ3) is 3.09. The summed E-state index contributed by atoms with van der Waals surface area (Å²) in [4.78, 5) is 4.17. The zero-order chi connectivity index (χ0) is 10.4. The Morgan fingerprint density at radius 2 is 2.29 bits per heavy atom. The molecule has 0 saturated carbocycles. The number of nitrogens with one attached hydrogen (secondary N) is 1. The van der Waals surface area contributed by atoms with E-state index in [1.807, 2.05) is 19.3 Å². The molecular weight excluding hydrogens is 174 g/mol. The molecular formula is C11H19N3. The first-order valence-corrected chi connectivity index (χ1v) is 5.15. The SMILES string of the molecule is CCCCC(NN)c1cncc(C)c1. The summed E-state index contributed by atoms with van der Waals surface area (Å²) in [6.07, 6.45) is 7.18. The van der Waals surface area contributed by atoms with Crippen LogP contribution in [-0.2, 0) is 0 Å². The van der Waals surface area contributed by atoms with Crippen LogP contribution in [0.1, 0.15) is 43.4 Å². The maximum atomic E-state index is 5.52. The highest BCUT2D eigenvalue weighted by atomic mass is 15.2. The van der Waals surface area contributed by atoms with Gasteiger partial charge in [0.2, 0.25) is 0 Å². The molecule has 0 fully saturated rings. The topological polar surface area (TPSA) is 50.9 Å². The zero-order valence-corrected chi connectivity index (χ0v) is 8.96. The molecule has 78 valence electrons. The highest BCUT2D eigenvalue weighted by Gasteiger charge is 2.08. The predicted molar refractivity (Wildman–Crippen MR) is 58.6 cm³/mol. The molecule has 0 aliphatic rings. The molecule has 0 bridgehead atoms. The van der Waals surface area contributed by atoms with Gasteiger partial charge in [0.15, 0.2) is 0 Å². The lowest BCUT2D eigenvalue weighted by atomic mass is 10.0. The van der Waals surface area contributed by atoms with Gasteiger partial charge >= 0.3 is 0 Å². The van der Waals surface area contributed by atoms with Crippen molar-refractivity contribution in [3.8, 4) is 0 Å². The summed E-state index contributed by atoms with van der Waals surface area (Å²) in [5, 5.41) is 0. The Hall–Kier alpha value is -0.930. The van der Waals surface area contributed by atoms with Gasteiger partial charge in [0, 0.05) is 18.4 Å². The van der Waals surface area contributed by atoms with Crippen LogP contribution in [-0.4, -0.2) is 4.98 Å². The molecule has 0 aromatic carbocycles. The number of nitrogens with two attached hydrogens (primary N) is 1. The molecule has 1 aromatic heterocycles. The number of hydrazine groups is 1. The Balaban J connectivity index is 2.68. The molecule has 0 aliphatic carbocycles. The maximum absolute atomic E-state index is 5.52. The fourth-order valence-corrected chi connectivity index (χ4v) is 1.52. The Kier molecular flexibility index (Phi) is 4.56. The second kappa shape index (κ2) is 5.73. The van der Waals surface area contributed by atoms with Gasteiger partial charge in [-0.3, -0.25) is 16.3 Å². The fourth-order valence-electron chi connectivity index (χ4n) is 1.52. The van der Waals surface area contributed by atoms with Crippen LogP contribution in [0.3, 0.4) is 0 Å². The van der Waals surface area contributed by atoms with Crippen molar-refractivity contribution in [3.63, 3.8) is 0 Å². The van der Waals surface area contributed by atoms with Gasteiger partial charge < -0.3 is 0 Å². The first-order valence-electron chi connectivity index (χ1n) is 5.15. The monoisotopic (exact) mass is 193 g/mol. The van der Waals surface area contributed by atoms with Crippen molar-refractivity contribution >= 4 is 0 Å². The lowest BCUT2D eigenvalue weighted by Crippen LogP contribution is -2.28. The number of nitrogens with zero attached hydrogens (tertiary/aromatic N) is 1. The van der Waals surface area contributed by atoms with Crippen LogP contribution >= 0.6 is 0 Å². The lowest BCUT2D eigenvalue weighted by Gasteiger charge is -2.15. The Morgan fingerprint density at radius 3 is 2.86 bits per heavy atom. The number of hydrogen-bond donors (Lipinski definition) is 2. The van der Waals surface area contributed by atoms with Crippen LogP contribution in [0.15, 0.2) is 18.5 Å². The van der Waals surface area contributed by atoms with E-state index in [1.165, 1.54) is 24.0 Å². The highest BCUT2D eigenvalue weighted by molar-refractivity contribution is 5.19. The van der Waals surface area contributed by atoms with E-state index in [2.05, 4.69) is 23.4 Å². The van der Waals surface area contributed by atoms with Crippen LogP contribution in [0.25, 0.3) is 0 Å². The largest absolute Gasteiger partial charge is 0.271 e. The molecule has 0 saturated heterocycles. The van der Waals surface area contributed by atoms with Crippen molar-refractivity contribution in [2.75, 3.05) is 0 Å². The molecule has 0 aliphatic heterocycles. The standard InChI is InChI=1S/C11H19N3/c1-3-4-5-11(14-12)10-6-9(2)7-13-8-10/h6-8,11,14H,3-5,12H2,1-2H3. The molecule has 3 nitrogen and oxygen atoms in total. The first kappa shape index (κ1) is 11.1. The molecule has 3 N–H and O–H groups in total. The minimum atomic E-state index is 0.238. The molecule has 1 heterocycles. The molecule has 1 aromatic rings. The van der Waals surface area contributed by atoms with Gasteiger partial charge in [0.1, 0.15) is 0 Å². The van der Waals surface area contributed by atoms with Gasteiger partial charge in [0.25, 0.3) is 0 Å². The molecule has 0 amide bonds. The van der Waals surface area contributed by atoms with E-state index >= 15 is 0 Å². The molecule has 14 heavy (non-hydrogen) atoms. The highest BCUT2D eigenvalue weighted by Crippen LogP contribution is 2.18. The van der Waals surface area contributed by atoms with Crippen molar-refractivity contribution in [1.82, 2.24) is 10.4 Å². The Morgan fingerprint density at radius 1 is 1.50 bits per heavy atom. The van der Waals surface area contributed by atoms with Gasteiger partial charge in [-0.1, -0.05) is 25.8 Å². The van der Waals surface area contributed by atoms with Gasteiger partial charge in [-0.05, 0) is 24.5 Å². The minimum Gasteiger partial charge on any atom is -0.271 e. The summed E-state index contributed by atoms with van der Waals surface area (Å²) in [6, 6.07) is 2.37. The number of aromatic nitrogens is 1. The number of pyridine rings is 1. The average molecular weight is 193 g/mol. The second-order valence-electron chi connectivity index (χ2n) is 3.66. The number of aryl methyl sites for hydroxylation is 1. The van der Waals surface area contributed by atoms with E-state index in [9.17, 15) is 0 Å². The van der Waals surface area contributed by atoms with Gasteiger partial charge in [0.05, 0.1) is 0 Å². The second-order valence-corrected chi connectivity index (χ2v) is 3.66. The zero-order valence-electron chi connectivity index (χ0n) is 8.96. The van der Waals surface area contributed by atoms with Crippen molar-refractivity contribution < 1.29 is 0 Å². The Bertz CT molecular complexity index is 273. The lowest BCUT2D eigenvalue weighted by molar-refractivity contribution is 0.494. The van der Waals surface area contributed by atoms with Crippen molar-refractivity contribution in [3.05, 3.63) is 29.6 Å². The summed E-state index contributed by atoms with van der Waals surface area (Å²) in [6.45, 7) is 4.23. The molecule has 3 heteroatoms. The average Bonchev–Trinajstić information content (AvgIpc) is 2.19. The van der Waals surface area contributed by atoms with Crippen LogP contribution in [0.2, 0.25) is 0 Å². The van der Waals surface area contributed by atoms with Crippen LogP contribution in [0, 0.1) is 6.92 Å². The molecule has 1 atom stereocenters. The van der Waals surface area contributed by atoms with Gasteiger partial charge in [-0.15, -0.1) is 0 Å². The van der Waals surface area contributed by atoms with Crippen LogP contribution in [0.4, 0.5) is 0 Å². The summed E-state index contributed by atoms with van der Waals surface area (Å²) >= 11 is 0. The number of hydrogen-bond acceptors (Lipinski definition) is 3. The normalized spacial score (nSPS) is 12.8. The molecule has 1 unspecified atom stereocenters. The third-order valence-electron chi connectivity index (χ3n) is 2.35. The summed E-state index contributed by atoms with van der Waals surface area (Å²) in [5.41, 5.74) is 5.20. The summed E-state index contributed by atoms with van der Waals surface area (Å²) in [5.74, 6) is 5.52. The first-order chi connectivity index (χ1) is 6.77. The quantitative estimate of drug-likeness (QED) is 0.556. The van der Waals surface area contributed by atoms with E-state index in [0.29, 0.717) is 0 Å². The van der Waals surface area contributed by atoms with Crippen molar-refractivity contribution in [2.24, 2.45) is 5.84 Å². The predicted octanol–water partition coefficient (Wildman–Crippen LogP) is 2.08. The van der Waals surface area contributed by atoms with E-state index in [-0.39, 0.29) is 6.04 Å². The minimum absolute atomic E-state index is 0.238. The van der Waals surface area contributed by atoms with Crippen molar-refractivity contribution in [2.45, 2.75) is 39.2 Å². The van der Waals surface area contributed by atoms with E-state index in [4.69, 9.17) is 5.84 Å². The maximum Gasteiger partial charge on any atom is 0.0475 e. The summed E-state index contributed by atoms with van der Waals surface area (Å²) in [7, 11) is 0.